The molecule has 0 spiro atoms. The molecule has 0 saturated carbocycles. The summed E-state index contributed by atoms with van der Waals surface area (Å²) in [5, 5.41) is 2.47. The van der Waals surface area contributed by atoms with Gasteiger partial charge in [-0.25, -0.2) is 0 Å². The van der Waals surface area contributed by atoms with Crippen LogP contribution >= 0.6 is 0 Å². The summed E-state index contributed by atoms with van der Waals surface area (Å²) in [6, 6.07) is 8.36. The van der Waals surface area contributed by atoms with Crippen molar-refractivity contribution in [2.45, 2.75) is 25.9 Å². The van der Waals surface area contributed by atoms with E-state index in [1.54, 1.807) is 0 Å². The molecule has 2 nitrogen and oxygen atoms in total. The van der Waals surface area contributed by atoms with Crippen LogP contribution in [0.5, 0.6) is 0 Å². The molecule has 1 aromatic rings. The van der Waals surface area contributed by atoms with Gasteiger partial charge in [0, 0.05) is 18.8 Å². The Hall–Kier alpha value is -1.23. The average molecular weight is 286 g/mol. The second-order valence-corrected chi connectivity index (χ2v) is 5.52. The summed E-state index contributed by atoms with van der Waals surface area (Å²) in [4.78, 5) is 2.32. The average Bonchev–Trinajstić information content (AvgIpc) is 2.82. The fourth-order valence-electron chi connectivity index (χ4n) is 2.66. The van der Waals surface area contributed by atoms with E-state index in [4.69, 9.17) is 0 Å². The van der Waals surface area contributed by atoms with Crippen molar-refractivity contribution in [3.63, 3.8) is 0 Å². The van der Waals surface area contributed by atoms with Crippen LogP contribution in [0.4, 0.5) is 18.9 Å². The lowest BCUT2D eigenvalue weighted by Crippen LogP contribution is -2.30. The van der Waals surface area contributed by atoms with E-state index < -0.39 is 12.7 Å². The van der Waals surface area contributed by atoms with E-state index in [0.29, 0.717) is 12.5 Å². The van der Waals surface area contributed by atoms with Gasteiger partial charge in [-0.3, -0.25) is 0 Å². The maximum atomic E-state index is 12.0. The molecule has 0 aliphatic carbocycles. The van der Waals surface area contributed by atoms with Crippen LogP contribution in [-0.2, 0) is 0 Å². The number of nitrogens with zero attached hydrogens (tertiary/aromatic N) is 1. The molecule has 0 aromatic heterocycles. The van der Waals surface area contributed by atoms with Crippen molar-refractivity contribution in [1.82, 2.24) is 5.32 Å². The largest absolute Gasteiger partial charge is 0.401 e. The van der Waals surface area contributed by atoms with E-state index in [1.807, 2.05) is 6.07 Å². The Morgan fingerprint density at radius 2 is 2.15 bits per heavy atom. The molecule has 1 aliphatic rings. The Kier molecular flexibility index (Phi) is 4.91. The van der Waals surface area contributed by atoms with Gasteiger partial charge in [0.15, 0.2) is 0 Å². The molecule has 1 saturated heterocycles. The highest BCUT2D eigenvalue weighted by Gasteiger charge is 2.27. The van der Waals surface area contributed by atoms with Gasteiger partial charge in [0.1, 0.15) is 0 Å². The number of aryl methyl sites for hydroxylation is 1. The van der Waals surface area contributed by atoms with E-state index in [0.717, 1.165) is 25.9 Å². The van der Waals surface area contributed by atoms with Gasteiger partial charge in [-0.2, -0.15) is 13.2 Å². The van der Waals surface area contributed by atoms with Gasteiger partial charge in [-0.1, -0.05) is 12.1 Å². The van der Waals surface area contributed by atoms with E-state index in [2.05, 4.69) is 35.3 Å². The number of hydrogen-bond acceptors (Lipinski definition) is 2. The zero-order chi connectivity index (χ0) is 14.6. The number of rotatable bonds is 5. The summed E-state index contributed by atoms with van der Waals surface area (Å²) in [7, 11) is 0. The Bertz CT molecular complexity index is 431. The van der Waals surface area contributed by atoms with Crippen molar-refractivity contribution in [3.8, 4) is 0 Å². The first kappa shape index (κ1) is 15.2. The Morgan fingerprint density at radius 3 is 2.85 bits per heavy atom. The summed E-state index contributed by atoms with van der Waals surface area (Å²) in [5.74, 6) is 0.483. The summed E-state index contributed by atoms with van der Waals surface area (Å²) >= 11 is 0. The Balaban J connectivity index is 1.73. The SMILES string of the molecule is Cc1cccc(N2CCC(CCNCC(F)(F)F)C2)c1. The topological polar surface area (TPSA) is 15.3 Å². The molecular formula is C15H21F3N2. The molecule has 0 amide bonds. The second kappa shape index (κ2) is 6.48. The summed E-state index contributed by atoms with van der Waals surface area (Å²) in [5.41, 5.74) is 2.45. The molecule has 112 valence electrons. The lowest BCUT2D eigenvalue weighted by molar-refractivity contribution is -0.124. The third-order valence-corrected chi connectivity index (χ3v) is 3.71. The maximum Gasteiger partial charge on any atom is 0.401 e. The number of nitrogens with one attached hydrogen (secondary N) is 1. The molecule has 5 heteroatoms. The highest BCUT2D eigenvalue weighted by molar-refractivity contribution is 5.49. The normalized spacial score (nSPS) is 19.6. The first-order valence-corrected chi connectivity index (χ1v) is 7.03. The smallest absolute Gasteiger partial charge is 0.371 e. The minimum atomic E-state index is -4.11. The lowest BCUT2D eigenvalue weighted by atomic mass is 10.1. The van der Waals surface area contributed by atoms with Crippen molar-refractivity contribution in [3.05, 3.63) is 29.8 Å². The summed E-state index contributed by atoms with van der Waals surface area (Å²) in [6.45, 7) is 3.55. The van der Waals surface area contributed by atoms with Gasteiger partial charge >= 0.3 is 6.18 Å². The second-order valence-electron chi connectivity index (χ2n) is 5.52. The van der Waals surface area contributed by atoms with Crippen molar-refractivity contribution in [2.75, 3.05) is 31.1 Å². The van der Waals surface area contributed by atoms with Crippen LogP contribution < -0.4 is 10.2 Å². The van der Waals surface area contributed by atoms with Crippen LogP contribution in [0.15, 0.2) is 24.3 Å². The number of benzene rings is 1. The van der Waals surface area contributed by atoms with Crippen molar-refractivity contribution in [2.24, 2.45) is 5.92 Å². The molecule has 1 aliphatic heterocycles. The van der Waals surface area contributed by atoms with Gasteiger partial charge < -0.3 is 10.2 Å². The molecule has 1 unspecified atom stereocenters. The van der Waals surface area contributed by atoms with Crippen LogP contribution in [0.2, 0.25) is 0 Å². The molecular weight excluding hydrogens is 265 g/mol. The number of alkyl halides is 3. The molecule has 1 N–H and O–H groups in total. The van der Waals surface area contributed by atoms with Crippen LogP contribution in [0.25, 0.3) is 0 Å². The molecule has 0 bridgehead atoms. The van der Waals surface area contributed by atoms with Crippen LogP contribution in [0.3, 0.4) is 0 Å². The van der Waals surface area contributed by atoms with Crippen molar-refractivity contribution >= 4 is 5.69 Å². The quantitative estimate of drug-likeness (QED) is 0.835. The molecule has 1 fully saturated rings. The minimum Gasteiger partial charge on any atom is -0.371 e. The minimum absolute atomic E-state index is 0.436. The molecule has 20 heavy (non-hydrogen) atoms. The molecule has 1 atom stereocenters. The van der Waals surface area contributed by atoms with Crippen LogP contribution in [0.1, 0.15) is 18.4 Å². The van der Waals surface area contributed by atoms with Crippen molar-refractivity contribution < 1.29 is 13.2 Å². The zero-order valence-electron chi connectivity index (χ0n) is 11.7. The number of anilines is 1. The van der Waals surface area contributed by atoms with E-state index >= 15 is 0 Å². The van der Waals surface area contributed by atoms with Gasteiger partial charge in [0.2, 0.25) is 0 Å². The van der Waals surface area contributed by atoms with Crippen molar-refractivity contribution in [1.29, 1.82) is 0 Å². The molecule has 1 heterocycles. The van der Waals surface area contributed by atoms with Gasteiger partial charge in [-0.15, -0.1) is 0 Å². The van der Waals surface area contributed by atoms with Gasteiger partial charge in [0.05, 0.1) is 6.54 Å². The highest BCUT2D eigenvalue weighted by Crippen LogP contribution is 2.26. The van der Waals surface area contributed by atoms with E-state index in [1.165, 1.54) is 11.3 Å². The molecule has 0 radical (unpaired) electrons. The Labute approximate surface area is 118 Å². The number of halogens is 3. The summed E-state index contributed by atoms with van der Waals surface area (Å²) < 4.78 is 36.0. The maximum absolute atomic E-state index is 12.0. The zero-order valence-corrected chi connectivity index (χ0v) is 11.7. The fourth-order valence-corrected chi connectivity index (χ4v) is 2.66. The highest BCUT2D eigenvalue weighted by atomic mass is 19.4. The monoisotopic (exact) mass is 286 g/mol. The first-order chi connectivity index (χ1) is 9.44. The fraction of sp³-hybridized carbons (Fsp3) is 0.600. The predicted octanol–water partition coefficient (Wildman–Crippen LogP) is 3.36. The van der Waals surface area contributed by atoms with Crippen LogP contribution in [0, 0.1) is 12.8 Å². The van der Waals surface area contributed by atoms with E-state index in [9.17, 15) is 13.2 Å². The Morgan fingerprint density at radius 1 is 1.35 bits per heavy atom. The van der Waals surface area contributed by atoms with Gasteiger partial charge in [0.25, 0.3) is 0 Å². The predicted molar refractivity (Wildman–Crippen MR) is 75.0 cm³/mol. The standard InChI is InChI=1S/C15H21F3N2/c1-12-3-2-4-14(9-12)20-8-6-13(10-20)5-7-19-11-15(16,17)18/h2-4,9,13,19H,5-8,10-11H2,1H3. The number of hydrogen-bond donors (Lipinski definition) is 1. The first-order valence-electron chi connectivity index (χ1n) is 7.03. The van der Waals surface area contributed by atoms with Gasteiger partial charge in [-0.05, 0) is 49.9 Å². The third kappa shape index (κ3) is 4.71. The van der Waals surface area contributed by atoms with Crippen LogP contribution in [-0.4, -0.2) is 32.4 Å². The van der Waals surface area contributed by atoms with E-state index in [-0.39, 0.29) is 0 Å². The molecule has 2 rings (SSSR count). The summed E-state index contributed by atoms with van der Waals surface area (Å²) in [6.07, 6.45) is -2.25. The third-order valence-electron chi connectivity index (χ3n) is 3.71. The lowest BCUT2D eigenvalue weighted by Gasteiger charge is -2.19. The molecule has 1 aromatic carbocycles.